The van der Waals surface area contributed by atoms with Gasteiger partial charge in [-0.25, -0.2) is 4.79 Å². The van der Waals surface area contributed by atoms with Gasteiger partial charge in [-0.1, -0.05) is 0 Å². The van der Waals surface area contributed by atoms with Crippen molar-refractivity contribution in [1.29, 1.82) is 0 Å². The zero-order valence-electron chi connectivity index (χ0n) is 11.2. The molecule has 6 nitrogen and oxygen atoms in total. The molecule has 0 aromatic carbocycles. The van der Waals surface area contributed by atoms with Crippen LogP contribution in [0, 0.1) is 0 Å². The Bertz CT molecular complexity index is 315. The second kappa shape index (κ2) is 5.64. The third-order valence-corrected chi connectivity index (χ3v) is 4.13. The molecule has 3 rings (SSSR count). The molecule has 2 amide bonds. The van der Waals surface area contributed by atoms with E-state index < -0.39 is 5.79 Å². The monoisotopic (exact) mass is 270 g/mol. The lowest BCUT2D eigenvalue weighted by molar-refractivity contribution is -0.181. The number of ether oxygens (including phenoxy) is 3. The van der Waals surface area contributed by atoms with Gasteiger partial charge in [-0.05, 0) is 12.8 Å². The first kappa shape index (κ1) is 13.1. The van der Waals surface area contributed by atoms with Crippen LogP contribution in [-0.2, 0) is 14.2 Å². The Balaban J connectivity index is 1.41. The van der Waals surface area contributed by atoms with Crippen LogP contribution in [0.3, 0.4) is 0 Å². The Morgan fingerprint density at radius 2 is 1.95 bits per heavy atom. The molecule has 0 aromatic heterocycles. The molecule has 0 radical (unpaired) electrons. The third-order valence-electron chi connectivity index (χ3n) is 4.13. The largest absolute Gasteiger partial charge is 0.376 e. The Labute approximate surface area is 113 Å². The first-order chi connectivity index (χ1) is 9.27. The van der Waals surface area contributed by atoms with Gasteiger partial charge in [0.15, 0.2) is 5.79 Å². The van der Waals surface area contributed by atoms with Gasteiger partial charge in [0.2, 0.25) is 0 Å². The summed E-state index contributed by atoms with van der Waals surface area (Å²) in [6.45, 7) is 4.17. The van der Waals surface area contributed by atoms with E-state index in [0.717, 1.165) is 32.3 Å². The van der Waals surface area contributed by atoms with Gasteiger partial charge < -0.3 is 24.4 Å². The fraction of sp³-hybridized carbons (Fsp3) is 0.923. The SMILES string of the molecule is O=C(NCC1CCCO1)N1CCC2(CC1)OCCO2. The lowest BCUT2D eigenvalue weighted by Gasteiger charge is -2.37. The molecule has 3 aliphatic rings. The van der Waals surface area contributed by atoms with Crippen LogP contribution in [0.5, 0.6) is 0 Å². The minimum Gasteiger partial charge on any atom is -0.376 e. The van der Waals surface area contributed by atoms with E-state index in [-0.39, 0.29) is 12.1 Å². The van der Waals surface area contributed by atoms with Crippen molar-refractivity contribution < 1.29 is 19.0 Å². The van der Waals surface area contributed by atoms with Gasteiger partial charge >= 0.3 is 6.03 Å². The third kappa shape index (κ3) is 3.01. The maximum atomic E-state index is 12.0. The predicted octanol–water partition coefficient (Wildman–Crippen LogP) is 0.714. The van der Waals surface area contributed by atoms with E-state index in [0.29, 0.717) is 32.8 Å². The number of nitrogens with one attached hydrogen (secondary N) is 1. The summed E-state index contributed by atoms with van der Waals surface area (Å²) in [6, 6.07) is 0.00310. The fourth-order valence-electron chi connectivity index (χ4n) is 2.95. The van der Waals surface area contributed by atoms with Gasteiger partial charge in [-0.2, -0.15) is 0 Å². The highest BCUT2D eigenvalue weighted by molar-refractivity contribution is 5.74. The van der Waals surface area contributed by atoms with E-state index in [4.69, 9.17) is 14.2 Å². The fourth-order valence-corrected chi connectivity index (χ4v) is 2.95. The molecule has 0 saturated carbocycles. The molecule has 0 aromatic rings. The highest BCUT2D eigenvalue weighted by atomic mass is 16.7. The van der Waals surface area contributed by atoms with Crippen molar-refractivity contribution in [2.24, 2.45) is 0 Å². The first-order valence-electron chi connectivity index (χ1n) is 7.20. The molecule has 108 valence electrons. The lowest BCUT2D eigenvalue weighted by Crippen LogP contribution is -2.51. The number of carbonyl (C=O) groups is 1. The van der Waals surface area contributed by atoms with Crippen molar-refractivity contribution in [3.05, 3.63) is 0 Å². The lowest BCUT2D eigenvalue weighted by atomic mass is 10.0. The smallest absolute Gasteiger partial charge is 0.317 e. The van der Waals surface area contributed by atoms with E-state index in [1.807, 2.05) is 4.90 Å². The van der Waals surface area contributed by atoms with Crippen molar-refractivity contribution in [1.82, 2.24) is 10.2 Å². The Hall–Kier alpha value is -0.850. The molecule has 1 spiro atoms. The number of piperidine rings is 1. The molecule has 1 atom stereocenters. The molecular formula is C13H22N2O4. The van der Waals surface area contributed by atoms with Crippen LogP contribution in [0.1, 0.15) is 25.7 Å². The summed E-state index contributed by atoms with van der Waals surface area (Å²) in [5.41, 5.74) is 0. The number of carbonyl (C=O) groups excluding carboxylic acids is 1. The van der Waals surface area contributed by atoms with Crippen LogP contribution < -0.4 is 5.32 Å². The quantitative estimate of drug-likeness (QED) is 0.803. The van der Waals surface area contributed by atoms with Crippen molar-refractivity contribution in [2.75, 3.05) is 39.5 Å². The second-order valence-corrected chi connectivity index (χ2v) is 5.42. The van der Waals surface area contributed by atoms with Crippen LogP contribution in [-0.4, -0.2) is 62.3 Å². The number of likely N-dealkylation sites (tertiary alicyclic amines) is 1. The number of nitrogens with zero attached hydrogens (tertiary/aromatic N) is 1. The van der Waals surface area contributed by atoms with Gasteiger partial charge in [0.05, 0.1) is 19.3 Å². The number of hydrogen-bond donors (Lipinski definition) is 1. The average Bonchev–Trinajstić information content (AvgIpc) is 3.09. The van der Waals surface area contributed by atoms with E-state index in [9.17, 15) is 4.79 Å². The second-order valence-electron chi connectivity index (χ2n) is 5.42. The maximum Gasteiger partial charge on any atom is 0.317 e. The minimum atomic E-state index is -0.411. The highest BCUT2D eigenvalue weighted by Gasteiger charge is 2.40. The summed E-state index contributed by atoms with van der Waals surface area (Å²) >= 11 is 0. The number of hydrogen-bond acceptors (Lipinski definition) is 4. The summed E-state index contributed by atoms with van der Waals surface area (Å²) < 4.78 is 16.8. The van der Waals surface area contributed by atoms with Crippen LogP contribution in [0.4, 0.5) is 4.79 Å². The Kier molecular flexibility index (Phi) is 3.91. The van der Waals surface area contributed by atoms with Crippen molar-refractivity contribution >= 4 is 6.03 Å². The highest BCUT2D eigenvalue weighted by Crippen LogP contribution is 2.31. The molecule has 3 heterocycles. The molecule has 3 saturated heterocycles. The van der Waals surface area contributed by atoms with Crippen molar-refractivity contribution in [2.45, 2.75) is 37.6 Å². The van der Waals surface area contributed by atoms with E-state index in [1.165, 1.54) is 0 Å². The van der Waals surface area contributed by atoms with Gasteiger partial charge in [-0.15, -0.1) is 0 Å². The molecule has 1 N–H and O–H groups in total. The standard InChI is InChI=1S/C13H22N2O4/c16-12(14-10-11-2-1-7-17-11)15-5-3-13(4-6-15)18-8-9-19-13/h11H,1-10H2,(H,14,16). The number of amides is 2. The summed E-state index contributed by atoms with van der Waals surface area (Å²) in [5, 5.41) is 2.95. The van der Waals surface area contributed by atoms with E-state index in [2.05, 4.69) is 5.32 Å². The average molecular weight is 270 g/mol. The van der Waals surface area contributed by atoms with Gasteiger partial charge in [0, 0.05) is 39.1 Å². The number of urea groups is 1. The molecule has 0 aliphatic carbocycles. The first-order valence-corrected chi connectivity index (χ1v) is 7.20. The summed E-state index contributed by atoms with van der Waals surface area (Å²) in [4.78, 5) is 13.9. The zero-order chi connectivity index (χ0) is 13.1. The van der Waals surface area contributed by atoms with Crippen LogP contribution in [0.25, 0.3) is 0 Å². The summed E-state index contributed by atoms with van der Waals surface area (Å²) in [5.74, 6) is -0.411. The maximum absolute atomic E-state index is 12.0. The molecule has 19 heavy (non-hydrogen) atoms. The Morgan fingerprint density at radius 1 is 1.21 bits per heavy atom. The Morgan fingerprint density at radius 3 is 2.58 bits per heavy atom. The van der Waals surface area contributed by atoms with Gasteiger partial charge in [-0.3, -0.25) is 0 Å². The number of rotatable bonds is 2. The summed E-state index contributed by atoms with van der Waals surface area (Å²) in [7, 11) is 0. The predicted molar refractivity (Wildman–Crippen MR) is 67.8 cm³/mol. The van der Waals surface area contributed by atoms with E-state index in [1.54, 1.807) is 0 Å². The molecule has 0 bridgehead atoms. The topological polar surface area (TPSA) is 60.0 Å². The molecular weight excluding hydrogens is 248 g/mol. The van der Waals surface area contributed by atoms with Crippen LogP contribution in [0.2, 0.25) is 0 Å². The molecule has 6 heteroatoms. The van der Waals surface area contributed by atoms with E-state index >= 15 is 0 Å². The van der Waals surface area contributed by atoms with Gasteiger partial charge in [0.25, 0.3) is 0 Å². The van der Waals surface area contributed by atoms with Crippen LogP contribution in [0.15, 0.2) is 0 Å². The van der Waals surface area contributed by atoms with Crippen molar-refractivity contribution in [3.63, 3.8) is 0 Å². The van der Waals surface area contributed by atoms with Crippen molar-refractivity contribution in [3.8, 4) is 0 Å². The molecule has 3 fully saturated rings. The molecule has 1 unspecified atom stereocenters. The minimum absolute atomic E-state index is 0.00310. The van der Waals surface area contributed by atoms with Gasteiger partial charge in [0.1, 0.15) is 0 Å². The normalized spacial score (nSPS) is 29.9. The zero-order valence-corrected chi connectivity index (χ0v) is 11.2. The summed E-state index contributed by atoms with van der Waals surface area (Å²) in [6.07, 6.45) is 3.87. The van der Waals surface area contributed by atoms with Crippen LogP contribution >= 0.6 is 0 Å². The molecule has 3 aliphatic heterocycles.